The lowest BCUT2D eigenvalue weighted by Gasteiger charge is -2.32. The topological polar surface area (TPSA) is 26.3 Å². The molecule has 0 N–H and O–H groups in total. The predicted molar refractivity (Wildman–Crippen MR) is 119 cm³/mol. The number of benzene rings is 1. The number of esters is 1. The van der Waals surface area contributed by atoms with E-state index < -0.39 is 0 Å². The Balaban J connectivity index is 1.99. The van der Waals surface area contributed by atoms with E-state index >= 15 is 0 Å². The standard InChI is InChI=1S/C26H34O2/c1-6-19-28-25(27)23-15-13-22(14-16-23)11-7-9-20(2)12-17-24-21(3)10-8-18-26(24,4)5/h7,9,11-17H,6,8,10,18-19H2,1-5H3. The van der Waals surface area contributed by atoms with E-state index in [4.69, 9.17) is 4.74 Å². The van der Waals surface area contributed by atoms with E-state index in [1.165, 1.54) is 36.0 Å². The largest absolute Gasteiger partial charge is 0.462 e. The van der Waals surface area contributed by atoms with E-state index in [1.807, 2.05) is 37.3 Å². The zero-order valence-electron chi connectivity index (χ0n) is 18.0. The molecule has 2 rings (SSSR count). The van der Waals surface area contributed by atoms with Crippen LogP contribution in [-0.2, 0) is 4.74 Å². The van der Waals surface area contributed by atoms with Gasteiger partial charge in [0.05, 0.1) is 12.2 Å². The number of rotatable bonds is 7. The van der Waals surface area contributed by atoms with Crippen LogP contribution in [0.2, 0.25) is 0 Å². The molecular formula is C26H34O2. The summed E-state index contributed by atoms with van der Waals surface area (Å²) < 4.78 is 5.15. The van der Waals surface area contributed by atoms with Crippen LogP contribution in [0.4, 0.5) is 0 Å². The molecule has 2 heteroatoms. The van der Waals surface area contributed by atoms with Crippen LogP contribution >= 0.6 is 0 Å². The molecule has 1 aromatic rings. The average Bonchev–Trinajstić information content (AvgIpc) is 2.65. The minimum atomic E-state index is -0.256. The van der Waals surface area contributed by atoms with Crippen LogP contribution in [0.5, 0.6) is 0 Å². The van der Waals surface area contributed by atoms with Crippen LogP contribution in [-0.4, -0.2) is 12.6 Å². The van der Waals surface area contributed by atoms with Crippen molar-refractivity contribution in [3.8, 4) is 0 Å². The fourth-order valence-corrected chi connectivity index (χ4v) is 3.60. The number of hydrogen-bond acceptors (Lipinski definition) is 2. The summed E-state index contributed by atoms with van der Waals surface area (Å²) in [7, 11) is 0. The molecule has 28 heavy (non-hydrogen) atoms. The molecule has 1 aromatic carbocycles. The highest BCUT2D eigenvalue weighted by molar-refractivity contribution is 5.89. The summed E-state index contributed by atoms with van der Waals surface area (Å²) in [5.41, 5.74) is 6.16. The van der Waals surface area contributed by atoms with Gasteiger partial charge < -0.3 is 4.74 Å². The van der Waals surface area contributed by atoms with Crippen LogP contribution < -0.4 is 0 Å². The van der Waals surface area contributed by atoms with Crippen molar-refractivity contribution < 1.29 is 9.53 Å². The molecule has 0 aliphatic heterocycles. The second-order valence-electron chi connectivity index (χ2n) is 8.29. The second-order valence-corrected chi connectivity index (χ2v) is 8.29. The summed E-state index contributed by atoms with van der Waals surface area (Å²) in [4.78, 5) is 11.8. The third-order valence-electron chi connectivity index (χ3n) is 5.29. The van der Waals surface area contributed by atoms with Gasteiger partial charge in [-0.15, -0.1) is 0 Å². The number of carbonyl (C=O) groups excluding carboxylic acids is 1. The Morgan fingerprint density at radius 2 is 1.89 bits per heavy atom. The highest BCUT2D eigenvalue weighted by atomic mass is 16.5. The quantitative estimate of drug-likeness (QED) is 0.367. The van der Waals surface area contributed by atoms with E-state index in [0.29, 0.717) is 12.2 Å². The van der Waals surface area contributed by atoms with Gasteiger partial charge in [-0.1, -0.05) is 74.4 Å². The first kappa shape index (κ1) is 21.9. The summed E-state index contributed by atoms with van der Waals surface area (Å²) in [6.45, 7) is 11.5. The molecule has 2 nitrogen and oxygen atoms in total. The summed E-state index contributed by atoms with van der Waals surface area (Å²) in [6, 6.07) is 7.51. The lowest BCUT2D eigenvalue weighted by Crippen LogP contribution is -2.19. The first-order chi connectivity index (χ1) is 13.3. The molecule has 0 fully saturated rings. The van der Waals surface area contributed by atoms with Crippen LogP contribution in [0.1, 0.15) is 76.2 Å². The third kappa shape index (κ3) is 6.37. The lowest BCUT2D eigenvalue weighted by atomic mass is 9.72. The van der Waals surface area contributed by atoms with E-state index in [0.717, 1.165) is 12.0 Å². The number of allylic oxidation sites excluding steroid dienone is 7. The van der Waals surface area contributed by atoms with Gasteiger partial charge in [0.25, 0.3) is 0 Å². The van der Waals surface area contributed by atoms with Crippen molar-refractivity contribution in [3.63, 3.8) is 0 Å². The van der Waals surface area contributed by atoms with E-state index in [9.17, 15) is 4.79 Å². The van der Waals surface area contributed by atoms with E-state index in [1.54, 1.807) is 0 Å². The minimum Gasteiger partial charge on any atom is -0.462 e. The van der Waals surface area contributed by atoms with Crippen LogP contribution in [0.25, 0.3) is 6.08 Å². The normalized spacial score (nSPS) is 17.5. The maximum Gasteiger partial charge on any atom is 0.338 e. The molecule has 0 aromatic heterocycles. The van der Waals surface area contributed by atoms with Gasteiger partial charge in [-0.2, -0.15) is 0 Å². The van der Waals surface area contributed by atoms with Crippen molar-refractivity contribution in [3.05, 3.63) is 76.4 Å². The third-order valence-corrected chi connectivity index (χ3v) is 5.29. The van der Waals surface area contributed by atoms with Crippen molar-refractivity contribution >= 4 is 12.0 Å². The van der Waals surface area contributed by atoms with Gasteiger partial charge in [-0.25, -0.2) is 4.79 Å². The Morgan fingerprint density at radius 3 is 2.54 bits per heavy atom. The summed E-state index contributed by atoms with van der Waals surface area (Å²) in [5.74, 6) is -0.256. The first-order valence-corrected chi connectivity index (χ1v) is 10.3. The highest BCUT2D eigenvalue weighted by Crippen LogP contribution is 2.40. The maximum atomic E-state index is 11.8. The van der Waals surface area contributed by atoms with Crippen LogP contribution in [0.15, 0.2) is 65.3 Å². The number of hydrogen-bond donors (Lipinski definition) is 0. The molecule has 0 atom stereocenters. The van der Waals surface area contributed by atoms with Gasteiger partial charge in [0.15, 0.2) is 0 Å². The molecular weight excluding hydrogens is 344 g/mol. The fraction of sp³-hybridized carbons (Fsp3) is 0.423. The maximum absolute atomic E-state index is 11.8. The molecule has 0 radical (unpaired) electrons. The zero-order chi connectivity index (χ0) is 20.6. The first-order valence-electron chi connectivity index (χ1n) is 10.3. The van der Waals surface area contributed by atoms with E-state index in [-0.39, 0.29) is 11.4 Å². The Labute approximate surface area is 170 Å². The minimum absolute atomic E-state index is 0.256. The van der Waals surface area contributed by atoms with Crippen LogP contribution in [0.3, 0.4) is 0 Å². The zero-order valence-corrected chi connectivity index (χ0v) is 18.0. The monoisotopic (exact) mass is 378 g/mol. The Kier molecular flexibility index (Phi) is 8.04. The Bertz CT molecular complexity index is 786. The molecule has 1 aliphatic carbocycles. The molecule has 0 heterocycles. The van der Waals surface area contributed by atoms with Crippen molar-refractivity contribution in [2.45, 2.75) is 60.3 Å². The van der Waals surface area contributed by atoms with Gasteiger partial charge in [0.2, 0.25) is 0 Å². The Morgan fingerprint density at radius 1 is 1.18 bits per heavy atom. The van der Waals surface area contributed by atoms with Gasteiger partial charge >= 0.3 is 5.97 Å². The van der Waals surface area contributed by atoms with Crippen molar-refractivity contribution in [1.29, 1.82) is 0 Å². The van der Waals surface area contributed by atoms with Crippen LogP contribution in [0, 0.1) is 5.41 Å². The summed E-state index contributed by atoms with van der Waals surface area (Å²) >= 11 is 0. The smallest absolute Gasteiger partial charge is 0.338 e. The highest BCUT2D eigenvalue weighted by Gasteiger charge is 2.26. The van der Waals surface area contributed by atoms with Gasteiger partial charge in [0.1, 0.15) is 0 Å². The van der Waals surface area contributed by atoms with Gasteiger partial charge in [0, 0.05) is 0 Å². The van der Waals surface area contributed by atoms with Gasteiger partial charge in [-0.05, 0) is 68.2 Å². The molecule has 0 saturated carbocycles. The fourth-order valence-electron chi connectivity index (χ4n) is 3.60. The Hall–Kier alpha value is -2.35. The van der Waals surface area contributed by atoms with E-state index in [2.05, 4.69) is 52.0 Å². The predicted octanol–water partition coefficient (Wildman–Crippen LogP) is 7.30. The van der Waals surface area contributed by atoms with Crippen molar-refractivity contribution in [1.82, 2.24) is 0 Å². The molecule has 0 spiro atoms. The molecule has 1 aliphatic rings. The van der Waals surface area contributed by atoms with Crippen molar-refractivity contribution in [2.75, 3.05) is 6.61 Å². The summed E-state index contributed by atoms with van der Waals surface area (Å²) in [6.07, 6.45) is 15.3. The SMILES string of the molecule is CCCOC(=O)c1ccc(C=CC=C(C)C=CC2=C(C)CCCC2(C)C)cc1. The molecule has 0 saturated heterocycles. The molecule has 150 valence electrons. The average molecular weight is 379 g/mol. The molecule has 0 amide bonds. The van der Waals surface area contributed by atoms with Gasteiger partial charge in [-0.3, -0.25) is 0 Å². The molecule has 0 unspecified atom stereocenters. The summed E-state index contributed by atoms with van der Waals surface area (Å²) in [5, 5.41) is 0. The number of carbonyl (C=O) groups is 1. The number of ether oxygens (including phenoxy) is 1. The van der Waals surface area contributed by atoms with Crippen molar-refractivity contribution in [2.24, 2.45) is 5.41 Å². The second kappa shape index (κ2) is 10.3. The lowest BCUT2D eigenvalue weighted by molar-refractivity contribution is 0.0505. The molecule has 0 bridgehead atoms.